The lowest BCUT2D eigenvalue weighted by atomic mass is 9.97. The molecule has 21 heavy (non-hydrogen) atoms. The summed E-state index contributed by atoms with van der Waals surface area (Å²) >= 11 is 6.12. The van der Waals surface area contributed by atoms with Crippen molar-refractivity contribution in [3.05, 3.63) is 28.8 Å². The van der Waals surface area contributed by atoms with E-state index in [4.69, 9.17) is 16.3 Å². The van der Waals surface area contributed by atoms with Crippen molar-refractivity contribution in [1.29, 1.82) is 0 Å². The van der Waals surface area contributed by atoms with E-state index in [1.807, 2.05) is 18.2 Å². The molecule has 1 aromatic rings. The number of hydrogen-bond acceptors (Lipinski definition) is 3. The molecular weight excluding hydrogens is 284 g/mol. The van der Waals surface area contributed by atoms with E-state index in [0.717, 1.165) is 42.9 Å². The minimum atomic E-state index is 0.760. The van der Waals surface area contributed by atoms with E-state index >= 15 is 0 Å². The molecule has 0 bridgehead atoms. The summed E-state index contributed by atoms with van der Waals surface area (Å²) in [4.78, 5) is 2.52. The van der Waals surface area contributed by atoms with Crippen LogP contribution >= 0.6 is 11.6 Å². The molecule has 3 nitrogen and oxygen atoms in total. The predicted octanol–water partition coefficient (Wildman–Crippen LogP) is 3.56. The summed E-state index contributed by atoms with van der Waals surface area (Å²) in [6.07, 6.45) is 3.82. The van der Waals surface area contributed by atoms with Crippen LogP contribution in [0.4, 0.5) is 0 Å². The van der Waals surface area contributed by atoms with Crippen molar-refractivity contribution in [2.45, 2.75) is 32.7 Å². The van der Waals surface area contributed by atoms with Gasteiger partial charge in [0.1, 0.15) is 5.75 Å². The topological polar surface area (TPSA) is 24.5 Å². The number of nitrogens with one attached hydrogen (secondary N) is 1. The van der Waals surface area contributed by atoms with E-state index in [0.29, 0.717) is 0 Å². The van der Waals surface area contributed by atoms with Crippen molar-refractivity contribution in [1.82, 2.24) is 10.2 Å². The van der Waals surface area contributed by atoms with Crippen LogP contribution in [0.3, 0.4) is 0 Å². The molecule has 1 aliphatic rings. The van der Waals surface area contributed by atoms with Gasteiger partial charge in [0.25, 0.3) is 0 Å². The van der Waals surface area contributed by atoms with Crippen LogP contribution in [-0.2, 0) is 6.54 Å². The van der Waals surface area contributed by atoms with Gasteiger partial charge in [-0.3, -0.25) is 4.90 Å². The number of rotatable bonds is 7. The third kappa shape index (κ3) is 5.17. The van der Waals surface area contributed by atoms with Crippen molar-refractivity contribution in [2.75, 3.05) is 33.3 Å². The molecule has 0 spiro atoms. The fourth-order valence-corrected chi connectivity index (χ4v) is 3.25. The van der Waals surface area contributed by atoms with E-state index in [2.05, 4.69) is 17.1 Å². The first-order valence-electron chi connectivity index (χ1n) is 7.98. The van der Waals surface area contributed by atoms with Gasteiger partial charge in [-0.1, -0.05) is 18.5 Å². The van der Waals surface area contributed by atoms with Crippen LogP contribution in [0.5, 0.6) is 5.75 Å². The van der Waals surface area contributed by atoms with Gasteiger partial charge >= 0.3 is 0 Å². The molecule has 1 unspecified atom stereocenters. The fourth-order valence-electron chi connectivity index (χ4n) is 3.06. The summed E-state index contributed by atoms with van der Waals surface area (Å²) in [6, 6.07) is 5.87. The van der Waals surface area contributed by atoms with Crippen LogP contribution in [0.1, 0.15) is 31.7 Å². The van der Waals surface area contributed by atoms with Crippen molar-refractivity contribution >= 4 is 11.6 Å². The monoisotopic (exact) mass is 310 g/mol. The smallest absolute Gasteiger partial charge is 0.123 e. The number of ether oxygens (including phenoxy) is 1. The highest BCUT2D eigenvalue weighted by atomic mass is 35.5. The van der Waals surface area contributed by atoms with Crippen molar-refractivity contribution in [2.24, 2.45) is 5.92 Å². The molecule has 0 amide bonds. The zero-order valence-electron chi connectivity index (χ0n) is 13.2. The number of likely N-dealkylation sites (tertiary alicyclic amines) is 1. The molecule has 0 radical (unpaired) electrons. The Kier molecular flexibility index (Phi) is 6.81. The van der Waals surface area contributed by atoms with Crippen molar-refractivity contribution in [3.63, 3.8) is 0 Å². The van der Waals surface area contributed by atoms with Crippen LogP contribution in [0.25, 0.3) is 0 Å². The summed E-state index contributed by atoms with van der Waals surface area (Å²) in [5, 5.41) is 4.33. The van der Waals surface area contributed by atoms with E-state index in [9.17, 15) is 0 Å². The lowest BCUT2D eigenvalue weighted by Gasteiger charge is -2.33. The first-order valence-corrected chi connectivity index (χ1v) is 8.36. The Morgan fingerprint density at radius 3 is 3.05 bits per heavy atom. The standard InChI is InChI=1S/C17H27ClN2O/c1-3-8-19-11-14-5-4-9-20(12-14)13-15-10-16(18)6-7-17(15)21-2/h6-7,10,14,19H,3-5,8-9,11-13H2,1-2H3. The number of hydrogen-bond donors (Lipinski definition) is 1. The van der Waals surface area contributed by atoms with Gasteiger partial charge in [0.05, 0.1) is 7.11 Å². The number of piperidine rings is 1. The van der Waals surface area contributed by atoms with E-state index in [1.54, 1.807) is 7.11 Å². The molecule has 1 atom stereocenters. The summed E-state index contributed by atoms with van der Waals surface area (Å²) in [5.41, 5.74) is 1.19. The third-order valence-electron chi connectivity index (χ3n) is 4.10. The molecule has 0 aliphatic carbocycles. The summed E-state index contributed by atoms with van der Waals surface area (Å²) in [5.74, 6) is 1.70. The fraction of sp³-hybridized carbons (Fsp3) is 0.647. The quantitative estimate of drug-likeness (QED) is 0.779. The van der Waals surface area contributed by atoms with Gasteiger partial charge < -0.3 is 10.1 Å². The first kappa shape index (κ1) is 16.6. The Morgan fingerprint density at radius 1 is 1.43 bits per heavy atom. The highest BCUT2D eigenvalue weighted by Gasteiger charge is 2.20. The zero-order valence-corrected chi connectivity index (χ0v) is 14.0. The van der Waals surface area contributed by atoms with Gasteiger partial charge in [0, 0.05) is 23.7 Å². The predicted molar refractivity (Wildman–Crippen MR) is 89.2 cm³/mol. The maximum atomic E-state index is 6.12. The minimum Gasteiger partial charge on any atom is -0.496 e. The average molecular weight is 311 g/mol. The highest BCUT2D eigenvalue weighted by molar-refractivity contribution is 6.30. The largest absolute Gasteiger partial charge is 0.496 e. The highest BCUT2D eigenvalue weighted by Crippen LogP contribution is 2.26. The lowest BCUT2D eigenvalue weighted by molar-refractivity contribution is 0.164. The maximum absolute atomic E-state index is 6.12. The van der Waals surface area contributed by atoms with Gasteiger partial charge in [0.2, 0.25) is 0 Å². The molecule has 1 aromatic carbocycles. The van der Waals surface area contributed by atoms with E-state index in [1.165, 1.54) is 31.4 Å². The Hall–Kier alpha value is -0.770. The second-order valence-electron chi connectivity index (χ2n) is 5.90. The SMILES string of the molecule is CCCNCC1CCCN(Cc2cc(Cl)ccc2OC)C1. The van der Waals surface area contributed by atoms with Gasteiger partial charge in [-0.2, -0.15) is 0 Å². The molecule has 1 heterocycles. The summed E-state index contributed by atoms with van der Waals surface area (Å²) in [7, 11) is 1.72. The second kappa shape index (κ2) is 8.62. The van der Waals surface area contributed by atoms with Gasteiger partial charge in [-0.25, -0.2) is 0 Å². The molecule has 1 N–H and O–H groups in total. The summed E-state index contributed by atoms with van der Waals surface area (Å²) in [6.45, 7) is 7.72. The molecular formula is C17H27ClN2O. The van der Waals surface area contributed by atoms with Gasteiger partial charge in [-0.15, -0.1) is 0 Å². The minimum absolute atomic E-state index is 0.760. The number of nitrogens with zero attached hydrogens (tertiary/aromatic N) is 1. The number of halogens is 1. The average Bonchev–Trinajstić information content (AvgIpc) is 2.48. The van der Waals surface area contributed by atoms with E-state index in [-0.39, 0.29) is 0 Å². The summed E-state index contributed by atoms with van der Waals surface area (Å²) < 4.78 is 5.45. The first-order chi connectivity index (χ1) is 10.2. The van der Waals surface area contributed by atoms with Crippen molar-refractivity contribution < 1.29 is 4.74 Å². The molecule has 1 saturated heterocycles. The number of methoxy groups -OCH3 is 1. The normalized spacial score (nSPS) is 19.7. The van der Waals surface area contributed by atoms with Crippen LogP contribution < -0.4 is 10.1 Å². The molecule has 1 fully saturated rings. The lowest BCUT2D eigenvalue weighted by Crippen LogP contribution is -2.39. The Balaban J connectivity index is 1.91. The van der Waals surface area contributed by atoms with Crippen LogP contribution in [-0.4, -0.2) is 38.2 Å². The van der Waals surface area contributed by atoms with Gasteiger partial charge in [0.15, 0.2) is 0 Å². The Labute approximate surface area is 133 Å². The maximum Gasteiger partial charge on any atom is 0.123 e. The third-order valence-corrected chi connectivity index (χ3v) is 4.33. The Bertz CT molecular complexity index is 439. The molecule has 2 rings (SSSR count). The zero-order chi connectivity index (χ0) is 15.1. The molecule has 0 saturated carbocycles. The Morgan fingerprint density at radius 2 is 2.29 bits per heavy atom. The van der Waals surface area contributed by atoms with Crippen LogP contribution in [0, 0.1) is 5.92 Å². The molecule has 0 aromatic heterocycles. The molecule has 4 heteroatoms. The van der Waals surface area contributed by atoms with Crippen LogP contribution in [0.15, 0.2) is 18.2 Å². The van der Waals surface area contributed by atoms with Crippen molar-refractivity contribution in [3.8, 4) is 5.75 Å². The number of benzene rings is 1. The van der Waals surface area contributed by atoms with Crippen LogP contribution in [0.2, 0.25) is 5.02 Å². The second-order valence-corrected chi connectivity index (χ2v) is 6.34. The van der Waals surface area contributed by atoms with Gasteiger partial charge in [-0.05, 0) is 63.0 Å². The molecule has 1 aliphatic heterocycles. The van der Waals surface area contributed by atoms with E-state index < -0.39 is 0 Å². The molecule has 118 valence electrons.